The van der Waals surface area contributed by atoms with E-state index in [-0.39, 0.29) is 6.04 Å². The minimum absolute atomic E-state index is 0.117. The molecule has 1 heterocycles. The molecule has 0 amide bonds. The maximum Gasteiger partial charge on any atom is 0.135 e. The molecular formula is C16H21ClN4. The molecule has 1 atom stereocenters. The molecule has 0 aliphatic carbocycles. The highest BCUT2D eigenvalue weighted by Gasteiger charge is 2.12. The number of nitrogens with one attached hydrogen (secondary N) is 2. The predicted molar refractivity (Wildman–Crippen MR) is 89.2 cm³/mol. The van der Waals surface area contributed by atoms with Crippen LogP contribution in [0.2, 0.25) is 5.02 Å². The maximum atomic E-state index is 6.05. The van der Waals surface area contributed by atoms with Crippen molar-refractivity contribution in [1.82, 2.24) is 9.97 Å². The zero-order chi connectivity index (χ0) is 15.4. The Morgan fingerprint density at radius 3 is 2.57 bits per heavy atom. The molecule has 0 saturated heterocycles. The molecule has 112 valence electrons. The molecule has 1 unspecified atom stereocenters. The molecule has 1 aromatic heterocycles. The summed E-state index contributed by atoms with van der Waals surface area (Å²) in [5.74, 6) is 2.48. The summed E-state index contributed by atoms with van der Waals surface area (Å²) in [4.78, 5) is 8.94. The Hall–Kier alpha value is -1.81. The van der Waals surface area contributed by atoms with Crippen molar-refractivity contribution in [3.05, 3.63) is 46.2 Å². The molecular weight excluding hydrogens is 284 g/mol. The Morgan fingerprint density at radius 2 is 1.90 bits per heavy atom. The van der Waals surface area contributed by atoms with Gasteiger partial charge in [-0.25, -0.2) is 9.97 Å². The number of aromatic nitrogens is 2. The number of rotatable bonds is 5. The van der Waals surface area contributed by atoms with E-state index in [4.69, 9.17) is 11.6 Å². The third kappa shape index (κ3) is 3.85. The van der Waals surface area contributed by atoms with Crippen LogP contribution >= 0.6 is 11.6 Å². The highest BCUT2D eigenvalue weighted by Crippen LogP contribution is 2.25. The maximum absolute atomic E-state index is 6.05. The van der Waals surface area contributed by atoms with Crippen LogP contribution in [-0.4, -0.2) is 16.5 Å². The van der Waals surface area contributed by atoms with Gasteiger partial charge in [0.2, 0.25) is 0 Å². The number of anilines is 2. The summed E-state index contributed by atoms with van der Waals surface area (Å²) in [6.07, 6.45) is 0. The van der Waals surface area contributed by atoms with Crippen LogP contribution in [0.15, 0.2) is 24.3 Å². The SMILES string of the molecule is CCNc1nc(C)nc(NC(C)c2cccc(Cl)c2)c1C. The Morgan fingerprint density at radius 1 is 1.19 bits per heavy atom. The van der Waals surface area contributed by atoms with Gasteiger partial charge in [-0.15, -0.1) is 0 Å². The van der Waals surface area contributed by atoms with Crippen LogP contribution in [0.25, 0.3) is 0 Å². The summed E-state index contributed by atoms with van der Waals surface area (Å²) in [5.41, 5.74) is 2.15. The van der Waals surface area contributed by atoms with E-state index in [0.717, 1.165) is 40.2 Å². The molecule has 2 rings (SSSR count). The number of benzene rings is 1. The summed E-state index contributed by atoms with van der Waals surface area (Å²) in [6.45, 7) is 8.90. The normalized spacial score (nSPS) is 12.0. The highest BCUT2D eigenvalue weighted by atomic mass is 35.5. The van der Waals surface area contributed by atoms with E-state index in [1.54, 1.807) is 0 Å². The molecule has 2 aromatic rings. The lowest BCUT2D eigenvalue weighted by molar-refractivity contribution is 0.862. The summed E-state index contributed by atoms with van der Waals surface area (Å²) in [7, 11) is 0. The van der Waals surface area contributed by atoms with Crippen LogP contribution in [0.5, 0.6) is 0 Å². The van der Waals surface area contributed by atoms with E-state index in [1.807, 2.05) is 32.0 Å². The van der Waals surface area contributed by atoms with Crippen molar-refractivity contribution < 1.29 is 0 Å². The Balaban J connectivity index is 2.26. The fraction of sp³-hybridized carbons (Fsp3) is 0.375. The number of halogens is 1. The summed E-state index contributed by atoms with van der Waals surface area (Å²) < 4.78 is 0. The Bertz CT molecular complexity index is 628. The van der Waals surface area contributed by atoms with Gasteiger partial charge in [0.15, 0.2) is 0 Å². The van der Waals surface area contributed by atoms with Gasteiger partial charge in [-0.3, -0.25) is 0 Å². The van der Waals surface area contributed by atoms with E-state index >= 15 is 0 Å². The van der Waals surface area contributed by atoms with Crippen LogP contribution in [0.3, 0.4) is 0 Å². The topological polar surface area (TPSA) is 49.8 Å². The van der Waals surface area contributed by atoms with Gasteiger partial charge in [0, 0.05) is 17.1 Å². The number of nitrogens with zero attached hydrogens (tertiary/aromatic N) is 2. The summed E-state index contributed by atoms with van der Waals surface area (Å²) in [5, 5.41) is 7.45. The van der Waals surface area contributed by atoms with Crippen LogP contribution in [0, 0.1) is 13.8 Å². The van der Waals surface area contributed by atoms with E-state index in [2.05, 4.69) is 40.5 Å². The minimum atomic E-state index is 0.117. The van der Waals surface area contributed by atoms with Crippen molar-refractivity contribution in [2.75, 3.05) is 17.2 Å². The number of aryl methyl sites for hydroxylation is 1. The molecule has 0 radical (unpaired) electrons. The van der Waals surface area contributed by atoms with Gasteiger partial charge in [-0.1, -0.05) is 23.7 Å². The van der Waals surface area contributed by atoms with Crippen LogP contribution < -0.4 is 10.6 Å². The first-order valence-corrected chi connectivity index (χ1v) is 7.50. The third-order valence-electron chi connectivity index (χ3n) is 3.30. The van der Waals surface area contributed by atoms with E-state index in [0.29, 0.717) is 0 Å². The van der Waals surface area contributed by atoms with Gasteiger partial charge in [0.25, 0.3) is 0 Å². The largest absolute Gasteiger partial charge is 0.370 e. The average molecular weight is 305 g/mol. The molecule has 2 N–H and O–H groups in total. The highest BCUT2D eigenvalue weighted by molar-refractivity contribution is 6.30. The lowest BCUT2D eigenvalue weighted by Crippen LogP contribution is -2.13. The second-order valence-corrected chi connectivity index (χ2v) is 5.48. The molecule has 0 saturated carbocycles. The van der Waals surface area contributed by atoms with Gasteiger partial charge in [0.1, 0.15) is 17.5 Å². The van der Waals surface area contributed by atoms with Crippen molar-refractivity contribution in [2.24, 2.45) is 0 Å². The molecule has 21 heavy (non-hydrogen) atoms. The smallest absolute Gasteiger partial charge is 0.135 e. The number of hydrogen-bond acceptors (Lipinski definition) is 4. The fourth-order valence-electron chi connectivity index (χ4n) is 2.17. The molecule has 1 aromatic carbocycles. The van der Waals surface area contributed by atoms with E-state index in [1.165, 1.54) is 0 Å². The van der Waals surface area contributed by atoms with Gasteiger partial charge in [-0.05, 0) is 45.4 Å². The minimum Gasteiger partial charge on any atom is -0.370 e. The molecule has 0 bridgehead atoms. The van der Waals surface area contributed by atoms with E-state index < -0.39 is 0 Å². The zero-order valence-electron chi connectivity index (χ0n) is 12.9. The first kappa shape index (κ1) is 15.6. The van der Waals surface area contributed by atoms with Gasteiger partial charge >= 0.3 is 0 Å². The molecule has 0 aliphatic heterocycles. The number of hydrogen-bond donors (Lipinski definition) is 2. The predicted octanol–water partition coefficient (Wildman–Crippen LogP) is 4.35. The molecule has 0 spiro atoms. The lowest BCUT2D eigenvalue weighted by Gasteiger charge is -2.18. The fourth-order valence-corrected chi connectivity index (χ4v) is 2.37. The molecule has 4 nitrogen and oxygen atoms in total. The average Bonchev–Trinajstić information content (AvgIpc) is 2.44. The summed E-state index contributed by atoms with van der Waals surface area (Å²) in [6, 6.07) is 7.97. The quantitative estimate of drug-likeness (QED) is 0.862. The van der Waals surface area contributed by atoms with Gasteiger partial charge in [-0.2, -0.15) is 0 Å². The van der Waals surface area contributed by atoms with Crippen molar-refractivity contribution in [3.63, 3.8) is 0 Å². The summed E-state index contributed by atoms with van der Waals surface area (Å²) >= 11 is 6.05. The van der Waals surface area contributed by atoms with Crippen LogP contribution in [0.4, 0.5) is 11.6 Å². The van der Waals surface area contributed by atoms with Gasteiger partial charge < -0.3 is 10.6 Å². The van der Waals surface area contributed by atoms with Crippen molar-refractivity contribution in [2.45, 2.75) is 33.7 Å². The van der Waals surface area contributed by atoms with Gasteiger partial charge in [0.05, 0.1) is 6.04 Å². The Labute approximate surface area is 131 Å². The Kier molecular flexibility index (Phi) is 5.02. The second-order valence-electron chi connectivity index (χ2n) is 5.04. The molecule has 0 fully saturated rings. The lowest BCUT2D eigenvalue weighted by atomic mass is 10.1. The van der Waals surface area contributed by atoms with Crippen LogP contribution in [0.1, 0.15) is 36.8 Å². The molecule has 0 aliphatic rings. The second kappa shape index (κ2) is 6.76. The first-order chi connectivity index (χ1) is 10.0. The standard InChI is InChI=1S/C16H21ClN4/c1-5-18-15-10(2)16(21-12(4)20-15)19-11(3)13-7-6-8-14(17)9-13/h6-9,11H,5H2,1-4H3,(H2,18,19,20,21). The van der Waals surface area contributed by atoms with Crippen molar-refractivity contribution >= 4 is 23.2 Å². The van der Waals surface area contributed by atoms with Crippen molar-refractivity contribution in [3.8, 4) is 0 Å². The molecule has 5 heteroatoms. The first-order valence-electron chi connectivity index (χ1n) is 7.12. The van der Waals surface area contributed by atoms with E-state index in [9.17, 15) is 0 Å². The van der Waals surface area contributed by atoms with Crippen molar-refractivity contribution in [1.29, 1.82) is 0 Å². The van der Waals surface area contributed by atoms with Crippen LogP contribution in [-0.2, 0) is 0 Å². The monoisotopic (exact) mass is 304 g/mol. The third-order valence-corrected chi connectivity index (χ3v) is 3.54. The zero-order valence-corrected chi connectivity index (χ0v) is 13.6.